The highest BCUT2D eigenvalue weighted by Crippen LogP contribution is 2.21. The van der Waals surface area contributed by atoms with E-state index in [-0.39, 0.29) is 30.8 Å². The van der Waals surface area contributed by atoms with Crippen LogP contribution in [-0.4, -0.2) is 20.9 Å². The van der Waals surface area contributed by atoms with Gasteiger partial charge in [-0.15, -0.1) is 0 Å². The van der Waals surface area contributed by atoms with Crippen molar-refractivity contribution in [1.82, 2.24) is 9.78 Å². The van der Waals surface area contributed by atoms with Crippen molar-refractivity contribution in [2.45, 2.75) is 26.3 Å². The lowest BCUT2D eigenvalue weighted by molar-refractivity contribution is -0.136. The second kappa shape index (κ2) is 8.35. The predicted molar refractivity (Wildman–Crippen MR) is 105 cm³/mol. The summed E-state index contributed by atoms with van der Waals surface area (Å²) in [5.41, 5.74) is 2.24. The molecule has 1 heterocycles. The molecule has 144 valence electrons. The van der Waals surface area contributed by atoms with E-state index >= 15 is 0 Å². The summed E-state index contributed by atoms with van der Waals surface area (Å²) in [6.07, 6.45) is -0.0976. The quantitative estimate of drug-likeness (QED) is 0.676. The van der Waals surface area contributed by atoms with Gasteiger partial charge < -0.3 is 5.11 Å². The van der Waals surface area contributed by atoms with Crippen LogP contribution in [0, 0.1) is 12.7 Å². The number of hydrogen-bond donors (Lipinski definition) is 1. The van der Waals surface area contributed by atoms with Gasteiger partial charge >= 0.3 is 5.97 Å². The van der Waals surface area contributed by atoms with E-state index in [4.69, 9.17) is 16.7 Å². The van der Waals surface area contributed by atoms with Crippen molar-refractivity contribution in [3.8, 4) is 11.3 Å². The summed E-state index contributed by atoms with van der Waals surface area (Å²) in [5.74, 6) is -1.33. The van der Waals surface area contributed by atoms with Crippen molar-refractivity contribution in [1.29, 1.82) is 0 Å². The molecular formula is C21H18ClFN2O3. The summed E-state index contributed by atoms with van der Waals surface area (Å²) in [5, 5.41) is 13.9. The predicted octanol–water partition coefficient (Wildman–Crippen LogP) is 4.08. The number of benzene rings is 2. The van der Waals surface area contributed by atoms with Crippen molar-refractivity contribution in [2.24, 2.45) is 0 Å². The Hall–Kier alpha value is -2.99. The molecule has 28 heavy (non-hydrogen) atoms. The zero-order valence-corrected chi connectivity index (χ0v) is 15.9. The molecule has 0 spiro atoms. The smallest absolute Gasteiger partial charge is 0.303 e. The highest BCUT2D eigenvalue weighted by atomic mass is 35.5. The second-order valence-corrected chi connectivity index (χ2v) is 6.87. The molecule has 0 fully saturated rings. The average Bonchev–Trinajstić information content (AvgIpc) is 2.66. The third-order valence-electron chi connectivity index (χ3n) is 4.39. The van der Waals surface area contributed by atoms with E-state index in [1.807, 2.05) is 6.07 Å². The number of aromatic nitrogens is 2. The molecule has 1 aromatic heterocycles. The van der Waals surface area contributed by atoms with Gasteiger partial charge in [0.15, 0.2) is 0 Å². The zero-order chi connectivity index (χ0) is 20.3. The van der Waals surface area contributed by atoms with Crippen molar-refractivity contribution < 1.29 is 14.3 Å². The zero-order valence-electron chi connectivity index (χ0n) is 15.2. The molecule has 0 amide bonds. The first-order valence-corrected chi connectivity index (χ1v) is 9.05. The fraction of sp³-hybridized carbons (Fsp3) is 0.190. The highest BCUT2D eigenvalue weighted by Gasteiger charge is 2.13. The molecule has 0 aliphatic heterocycles. The van der Waals surface area contributed by atoms with Crippen LogP contribution in [0.2, 0.25) is 5.02 Å². The van der Waals surface area contributed by atoms with Gasteiger partial charge in [0.2, 0.25) is 0 Å². The molecule has 3 rings (SSSR count). The Balaban J connectivity index is 2.10. The first-order chi connectivity index (χ1) is 13.3. The van der Waals surface area contributed by atoms with E-state index in [1.54, 1.807) is 43.3 Å². The lowest BCUT2D eigenvalue weighted by Gasteiger charge is -2.12. The van der Waals surface area contributed by atoms with Crippen LogP contribution < -0.4 is 5.56 Å². The normalized spacial score (nSPS) is 10.8. The van der Waals surface area contributed by atoms with Gasteiger partial charge in [-0.3, -0.25) is 9.59 Å². The Morgan fingerprint density at radius 2 is 1.93 bits per heavy atom. The van der Waals surface area contributed by atoms with Gasteiger partial charge in [-0.2, -0.15) is 5.10 Å². The monoisotopic (exact) mass is 400 g/mol. The highest BCUT2D eigenvalue weighted by molar-refractivity contribution is 6.31. The summed E-state index contributed by atoms with van der Waals surface area (Å²) in [6, 6.07) is 13.2. The average molecular weight is 401 g/mol. The SMILES string of the molecule is Cc1cc(-c2cc(CCC(=O)O)c(=O)n(Cc3ccccc3Cl)n2)ccc1F. The lowest BCUT2D eigenvalue weighted by Crippen LogP contribution is -2.27. The van der Waals surface area contributed by atoms with Crippen LogP contribution in [0.5, 0.6) is 0 Å². The Kier molecular flexibility index (Phi) is 5.90. The van der Waals surface area contributed by atoms with Gasteiger partial charge in [0.05, 0.1) is 12.2 Å². The number of halogens is 2. The van der Waals surface area contributed by atoms with Crippen LogP contribution in [0.4, 0.5) is 4.39 Å². The number of hydrogen-bond acceptors (Lipinski definition) is 3. The summed E-state index contributed by atoms with van der Waals surface area (Å²) < 4.78 is 14.9. The van der Waals surface area contributed by atoms with Gasteiger partial charge in [-0.25, -0.2) is 9.07 Å². The van der Waals surface area contributed by atoms with Crippen molar-refractivity contribution in [3.63, 3.8) is 0 Å². The summed E-state index contributed by atoms with van der Waals surface area (Å²) in [4.78, 5) is 23.8. The molecule has 0 atom stereocenters. The number of rotatable bonds is 6. The van der Waals surface area contributed by atoms with E-state index in [1.165, 1.54) is 10.7 Å². The molecule has 7 heteroatoms. The number of carbonyl (C=O) groups is 1. The summed E-state index contributed by atoms with van der Waals surface area (Å²) in [6.45, 7) is 1.79. The van der Waals surface area contributed by atoms with Gasteiger partial charge in [-0.1, -0.05) is 29.8 Å². The largest absolute Gasteiger partial charge is 0.481 e. The van der Waals surface area contributed by atoms with Crippen LogP contribution in [0.1, 0.15) is 23.1 Å². The Bertz CT molecular complexity index is 1100. The number of aliphatic carboxylic acids is 1. The van der Waals surface area contributed by atoms with Crippen molar-refractivity contribution in [2.75, 3.05) is 0 Å². The third kappa shape index (κ3) is 4.46. The lowest BCUT2D eigenvalue weighted by atomic mass is 10.1. The molecule has 1 N–H and O–H groups in total. The molecule has 0 bridgehead atoms. The van der Waals surface area contributed by atoms with Gasteiger partial charge in [0.25, 0.3) is 5.56 Å². The maximum absolute atomic E-state index is 13.6. The molecule has 3 aromatic rings. The molecule has 0 radical (unpaired) electrons. The van der Waals surface area contributed by atoms with Crippen LogP contribution in [-0.2, 0) is 17.8 Å². The van der Waals surface area contributed by atoms with E-state index in [2.05, 4.69) is 5.10 Å². The number of carboxylic acids is 1. The summed E-state index contributed by atoms with van der Waals surface area (Å²) in [7, 11) is 0. The minimum absolute atomic E-state index is 0.0758. The minimum Gasteiger partial charge on any atom is -0.481 e. The third-order valence-corrected chi connectivity index (χ3v) is 4.76. The second-order valence-electron chi connectivity index (χ2n) is 6.47. The molecular weight excluding hydrogens is 383 g/mol. The fourth-order valence-corrected chi connectivity index (χ4v) is 3.05. The van der Waals surface area contributed by atoms with Crippen LogP contribution >= 0.6 is 11.6 Å². The molecule has 0 saturated heterocycles. The maximum atomic E-state index is 13.6. The first-order valence-electron chi connectivity index (χ1n) is 8.68. The molecule has 0 aliphatic rings. The van der Waals surface area contributed by atoms with Crippen molar-refractivity contribution in [3.05, 3.63) is 86.4 Å². The Labute approximate surface area is 166 Å². The summed E-state index contributed by atoms with van der Waals surface area (Å²) >= 11 is 6.20. The molecule has 0 saturated carbocycles. The topological polar surface area (TPSA) is 72.2 Å². The van der Waals surface area contributed by atoms with Gasteiger partial charge in [0, 0.05) is 22.6 Å². The number of aryl methyl sites for hydroxylation is 2. The minimum atomic E-state index is -0.993. The molecule has 5 nitrogen and oxygen atoms in total. The van der Waals surface area contributed by atoms with Gasteiger partial charge in [0.1, 0.15) is 5.82 Å². The van der Waals surface area contributed by atoms with E-state index < -0.39 is 5.97 Å². The van der Waals surface area contributed by atoms with Crippen LogP contribution in [0.15, 0.2) is 53.3 Å². The first kappa shape index (κ1) is 19.8. The Morgan fingerprint density at radius 3 is 2.61 bits per heavy atom. The molecule has 0 unspecified atom stereocenters. The van der Waals surface area contributed by atoms with E-state index in [0.717, 1.165) is 5.56 Å². The maximum Gasteiger partial charge on any atom is 0.303 e. The van der Waals surface area contributed by atoms with Crippen LogP contribution in [0.25, 0.3) is 11.3 Å². The fourth-order valence-electron chi connectivity index (χ4n) is 2.86. The number of nitrogens with zero attached hydrogens (tertiary/aromatic N) is 2. The van der Waals surface area contributed by atoms with E-state index in [9.17, 15) is 14.0 Å². The van der Waals surface area contributed by atoms with E-state index in [0.29, 0.717) is 27.4 Å². The molecule has 2 aromatic carbocycles. The van der Waals surface area contributed by atoms with Crippen molar-refractivity contribution >= 4 is 17.6 Å². The van der Waals surface area contributed by atoms with Gasteiger partial charge in [-0.05, 0) is 54.8 Å². The van der Waals surface area contributed by atoms with Crippen LogP contribution in [0.3, 0.4) is 0 Å². The Morgan fingerprint density at radius 1 is 1.18 bits per heavy atom. The standard InChI is InChI=1S/C21H18ClFN2O3/c1-13-10-14(6-8-18(13)23)19-11-15(7-9-20(26)27)21(28)25(24-19)12-16-4-2-3-5-17(16)22/h2-6,8,10-11H,7,9,12H2,1H3,(H,26,27). The molecule has 0 aliphatic carbocycles. The number of carboxylic acid groups (broad SMARTS) is 1.